The second kappa shape index (κ2) is 8.68. The maximum Gasteiger partial charge on any atom is 0.253 e. The summed E-state index contributed by atoms with van der Waals surface area (Å²) < 4.78 is 0. The number of fused-ring (bicyclic) bond motifs is 2. The third-order valence-electron chi connectivity index (χ3n) is 6.88. The smallest absolute Gasteiger partial charge is 0.253 e. The van der Waals surface area contributed by atoms with E-state index in [2.05, 4.69) is 31.1 Å². The molecule has 34 heavy (non-hydrogen) atoms. The zero-order chi connectivity index (χ0) is 23.1. The van der Waals surface area contributed by atoms with Crippen LogP contribution in [0.3, 0.4) is 0 Å². The minimum atomic E-state index is -0.149. The summed E-state index contributed by atoms with van der Waals surface area (Å²) in [6, 6.07) is 7.63. The number of carbonyl (C=O) groups excluding carboxylic acids is 2. The fourth-order valence-electron chi connectivity index (χ4n) is 5.05. The number of rotatable bonds is 3. The SMILES string of the molecule is O=C(c1ccc2[nH]ncc2c1)N1CCCC(C(=O)N2CCN(c3ncnc4sccc34)CC2)C1. The lowest BCUT2D eigenvalue weighted by molar-refractivity contribution is -0.137. The van der Waals surface area contributed by atoms with Crippen molar-refractivity contribution in [2.45, 2.75) is 12.8 Å². The number of aromatic nitrogens is 4. The molecule has 1 unspecified atom stereocenters. The number of benzene rings is 1. The summed E-state index contributed by atoms with van der Waals surface area (Å²) in [6.07, 6.45) is 5.00. The number of aromatic amines is 1. The summed E-state index contributed by atoms with van der Waals surface area (Å²) >= 11 is 1.61. The maximum atomic E-state index is 13.3. The van der Waals surface area contributed by atoms with Gasteiger partial charge in [0, 0.05) is 50.2 Å². The number of nitrogens with one attached hydrogen (secondary N) is 1. The standard InChI is InChI=1S/C24H25N7O2S/c32-23(16-3-4-20-18(12-16)13-27-28-20)31-6-1-2-17(14-31)24(33)30-9-7-29(8-10-30)21-19-5-11-34-22(19)26-15-25-21/h3-5,11-13,15,17H,1-2,6-10,14H2,(H,27,28). The van der Waals surface area contributed by atoms with E-state index in [9.17, 15) is 9.59 Å². The Hall–Kier alpha value is -3.53. The van der Waals surface area contributed by atoms with Crippen molar-refractivity contribution in [3.05, 3.63) is 47.7 Å². The number of carbonyl (C=O) groups is 2. The second-order valence-electron chi connectivity index (χ2n) is 8.91. The van der Waals surface area contributed by atoms with Crippen LogP contribution < -0.4 is 4.90 Å². The van der Waals surface area contributed by atoms with Crippen LogP contribution in [0.25, 0.3) is 21.1 Å². The Bertz CT molecular complexity index is 1360. The number of anilines is 1. The lowest BCUT2D eigenvalue weighted by atomic mass is 9.95. The lowest BCUT2D eigenvalue weighted by Gasteiger charge is -2.39. The highest BCUT2D eigenvalue weighted by Crippen LogP contribution is 2.28. The number of thiophene rings is 1. The van der Waals surface area contributed by atoms with Gasteiger partial charge in [-0.05, 0) is 42.5 Å². The van der Waals surface area contributed by atoms with Crippen LogP contribution in [0.5, 0.6) is 0 Å². The molecule has 2 fully saturated rings. The quantitative estimate of drug-likeness (QED) is 0.489. The van der Waals surface area contributed by atoms with E-state index in [-0.39, 0.29) is 17.7 Å². The van der Waals surface area contributed by atoms with Crippen LogP contribution >= 0.6 is 11.3 Å². The second-order valence-corrected chi connectivity index (χ2v) is 9.81. The van der Waals surface area contributed by atoms with E-state index in [0.717, 1.165) is 52.9 Å². The molecule has 2 aliphatic rings. The molecule has 1 atom stereocenters. The fraction of sp³-hybridized carbons (Fsp3) is 0.375. The van der Waals surface area contributed by atoms with E-state index in [1.165, 1.54) is 0 Å². The first-order valence-electron chi connectivity index (χ1n) is 11.6. The first-order valence-corrected chi connectivity index (χ1v) is 12.5. The summed E-state index contributed by atoms with van der Waals surface area (Å²) in [5, 5.41) is 11.0. The van der Waals surface area contributed by atoms with Crippen molar-refractivity contribution in [1.82, 2.24) is 30.0 Å². The molecule has 0 spiro atoms. The van der Waals surface area contributed by atoms with E-state index in [1.807, 2.05) is 33.4 Å². The van der Waals surface area contributed by atoms with Crippen molar-refractivity contribution < 1.29 is 9.59 Å². The van der Waals surface area contributed by atoms with E-state index in [4.69, 9.17) is 0 Å². The fourth-order valence-corrected chi connectivity index (χ4v) is 5.77. The highest BCUT2D eigenvalue weighted by Gasteiger charge is 2.33. The van der Waals surface area contributed by atoms with Crippen LogP contribution in [0, 0.1) is 5.92 Å². The predicted molar refractivity (Wildman–Crippen MR) is 131 cm³/mol. The van der Waals surface area contributed by atoms with E-state index in [1.54, 1.807) is 23.9 Å². The molecule has 0 aliphatic carbocycles. The number of nitrogens with zero attached hydrogens (tertiary/aromatic N) is 6. The Balaban J connectivity index is 1.10. The van der Waals surface area contributed by atoms with Crippen molar-refractivity contribution in [3.63, 3.8) is 0 Å². The van der Waals surface area contributed by atoms with Gasteiger partial charge >= 0.3 is 0 Å². The highest BCUT2D eigenvalue weighted by atomic mass is 32.1. The average molecular weight is 476 g/mol. The number of likely N-dealkylation sites (tertiary alicyclic amines) is 1. The molecule has 2 saturated heterocycles. The zero-order valence-corrected chi connectivity index (χ0v) is 19.5. The summed E-state index contributed by atoms with van der Waals surface area (Å²) in [5.41, 5.74) is 1.55. The number of hydrogen-bond donors (Lipinski definition) is 1. The van der Waals surface area contributed by atoms with Gasteiger partial charge in [0.15, 0.2) is 0 Å². The molecule has 0 bridgehead atoms. The third kappa shape index (κ3) is 3.77. The average Bonchev–Trinajstić information content (AvgIpc) is 3.57. The Kier molecular flexibility index (Phi) is 5.37. The van der Waals surface area contributed by atoms with Gasteiger partial charge in [0.25, 0.3) is 5.91 Å². The molecule has 3 aromatic heterocycles. The van der Waals surface area contributed by atoms with Gasteiger partial charge in [0.2, 0.25) is 5.91 Å². The normalized spacial score (nSPS) is 19.2. The van der Waals surface area contributed by atoms with Gasteiger partial charge in [0.1, 0.15) is 17.0 Å². The number of amides is 2. The number of piperazine rings is 1. The van der Waals surface area contributed by atoms with Gasteiger partial charge in [0.05, 0.1) is 23.0 Å². The number of piperidine rings is 1. The van der Waals surface area contributed by atoms with Crippen molar-refractivity contribution in [2.24, 2.45) is 5.92 Å². The zero-order valence-electron chi connectivity index (χ0n) is 18.7. The molecule has 4 aromatic rings. The van der Waals surface area contributed by atoms with Gasteiger partial charge in [-0.15, -0.1) is 11.3 Å². The monoisotopic (exact) mass is 475 g/mol. The first kappa shape index (κ1) is 21.0. The molecule has 1 N–H and O–H groups in total. The lowest BCUT2D eigenvalue weighted by Crippen LogP contribution is -2.53. The molecular weight excluding hydrogens is 450 g/mol. The van der Waals surface area contributed by atoms with Crippen molar-refractivity contribution in [2.75, 3.05) is 44.2 Å². The van der Waals surface area contributed by atoms with Crippen LogP contribution in [-0.4, -0.2) is 81.0 Å². The highest BCUT2D eigenvalue weighted by molar-refractivity contribution is 7.16. The van der Waals surface area contributed by atoms with Crippen molar-refractivity contribution >= 4 is 50.1 Å². The molecule has 6 rings (SSSR count). The molecule has 2 aliphatic heterocycles. The van der Waals surface area contributed by atoms with Gasteiger partial charge in [-0.2, -0.15) is 5.10 Å². The Labute approximate surface area is 200 Å². The summed E-state index contributed by atoms with van der Waals surface area (Å²) in [5.74, 6) is 0.937. The van der Waals surface area contributed by atoms with Gasteiger partial charge < -0.3 is 14.7 Å². The van der Waals surface area contributed by atoms with Crippen LogP contribution in [0.15, 0.2) is 42.2 Å². The van der Waals surface area contributed by atoms with Crippen LogP contribution in [-0.2, 0) is 4.79 Å². The number of hydrogen-bond acceptors (Lipinski definition) is 7. The first-order chi connectivity index (χ1) is 16.7. The molecule has 5 heterocycles. The minimum Gasteiger partial charge on any atom is -0.352 e. The Morgan fingerprint density at radius 3 is 2.79 bits per heavy atom. The van der Waals surface area contributed by atoms with E-state index >= 15 is 0 Å². The van der Waals surface area contributed by atoms with E-state index < -0.39 is 0 Å². The molecule has 10 heteroatoms. The van der Waals surface area contributed by atoms with Gasteiger partial charge in [-0.25, -0.2) is 9.97 Å². The molecule has 0 radical (unpaired) electrons. The maximum absolute atomic E-state index is 13.3. The minimum absolute atomic E-state index is 0.0195. The molecular formula is C24H25N7O2S. The predicted octanol–water partition coefficient (Wildman–Crippen LogP) is 2.77. The molecule has 0 saturated carbocycles. The van der Waals surface area contributed by atoms with Gasteiger partial charge in [-0.3, -0.25) is 14.7 Å². The Morgan fingerprint density at radius 2 is 1.91 bits per heavy atom. The topological polar surface area (TPSA) is 98.3 Å². The van der Waals surface area contributed by atoms with Crippen LogP contribution in [0.1, 0.15) is 23.2 Å². The summed E-state index contributed by atoms with van der Waals surface area (Å²) in [7, 11) is 0. The third-order valence-corrected chi connectivity index (χ3v) is 7.70. The van der Waals surface area contributed by atoms with Gasteiger partial charge in [-0.1, -0.05) is 0 Å². The molecule has 9 nitrogen and oxygen atoms in total. The van der Waals surface area contributed by atoms with E-state index in [0.29, 0.717) is 31.7 Å². The molecule has 174 valence electrons. The molecule has 1 aromatic carbocycles. The van der Waals surface area contributed by atoms with Crippen LogP contribution in [0.4, 0.5) is 5.82 Å². The van der Waals surface area contributed by atoms with Crippen molar-refractivity contribution in [3.8, 4) is 0 Å². The number of H-pyrrole nitrogens is 1. The molecule has 2 amide bonds. The van der Waals surface area contributed by atoms with Crippen LogP contribution in [0.2, 0.25) is 0 Å². The van der Waals surface area contributed by atoms with Crippen molar-refractivity contribution in [1.29, 1.82) is 0 Å². The Morgan fingerprint density at radius 1 is 1.03 bits per heavy atom. The summed E-state index contributed by atoms with van der Waals surface area (Å²) in [4.78, 5) is 42.3. The summed E-state index contributed by atoms with van der Waals surface area (Å²) in [6.45, 7) is 3.97. The largest absolute Gasteiger partial charge is 0.352 e.